The molecule has 21 heteroatoms. The Kier molecular flexibility index (Phi) is 26.9. The Bertz CT molecular complexity index is 583. The Hall–Kier alpha value is 4.12. The van der Waals surface area contributed by atoms with Crippen molar-refractivity contribution in [3.8, 4) is 0 Å². The largest absolute Gasteiger partial charge is 2.00 e. The second kappa shape index (κ2) is 17.6. The molecule has 0 aliphatic carbocycles. The first-order valence-corrected chi connectivity index (χ1v) is 12.3. The summed E-state index contributed by atoms with van der Waals surface area (Å²) in [5, 5.41) is 0. The zero-order valence-corrected chi connectivity index (χ0v) is 25.0. The Balaban J connectivity index is -0.000000108. The summed E-state index contributed by atoms with van der Waals surface area (Å²) in [6.07, 6.45) is 0.942. The summed E-state index contributed by atoms with van der Waals surface area (Å²) in [5.74, 6) is 0. The minimum atomic E-state index is -5.39. The Morgan fingerprint density at radius 2 is 0.852 bits per heavy atom. The second-order valence-corrected chi connectivity index (χ2v) is 13.0. The molecule has 0 spiro atoms. The molecule has 0 N–H and O–H groups in total. The molecule has 4 unspecified atom stereocenters. The van der Waals surface area contributed by atoms with Crippen molar-refractivity contribution in [3.05, 3.63) is 25.7 Å². The SMILES string of the molecule is C=COP(=O)([O-])C(Cl)P(=O)([O-])[O-].C=COP(=O)([O-])C(Cl)P(=O)([O-])[O-].[Ca+2].[Ca+2].[Ca+2]. The zero-order valence-electron chi connectivity index (χ0n) is 13.3. The number of halogens is 2. The van der Waals surface area contributed by atoms with Gasteiger partial charge < -0.3 is 47.5 Å². The van der Waals surface area contributed by atoms with Crippen LogP contribution >= 0.6 is 53.6 Å². The minimum Gasteiger partial charge on any atom is -0.809 e. The molecule has 0 saturated heterocycles. The molecule has 0 aromatic carbocycles. The Morgan fingerprint density at radius 3 is 0.963 bits per heavy atom. The van der Waals surface area contributed by atoms with Crippen molar-refractivity contribution in [1.29, 1.82) is 0 Å². The van der Waals surface area contributed by atoms with E-state index in [4.69, 9.17) is 23.2 Å². The van der Waals surface area contributed by atoms with Crippen LogP contribution in [0.5, 0.6) is 0 Å². The molecule has 0 radical (unpaired) electrons. The summed E-state index contributed by atoms with van der Waals surface area (Å²) in [6, 6.07) is 0. The molecule has 144 valence electrons. The van der Waals surface area contributed by atoms with E-state index in [-0.39, 0.29) is 113 Å². The van der Waals surface area contributed by atoms with Crippen LogP contribution in [0.3, 0.4) is 0 Å². The Labute approximate surface area is 254 Å². The van der Waals surface area contributed by atoms with Crippen molar-refractivity contribution in [3.63, 3.8) is 0 Å². The standard InChI is InChI=1S/2C3H7ClO6P2.3Ca/c2*1-2-10-12(8,9)3(4)11(5,6)7;;;/h2*2-3H,1H2,(H,8,9)(H2,5,6,7);;;/q;;3*+2/p-6. The first-order chi connectivity index (χ1) is 10.4. The topological polar surface area (TPSA) is 225 Å². The van der Waals surface area contributed by atoms with E-state index in [1.165, 1.54) is 0 Å². The number of rotatable bonds is 8. The first-order valence-electron chi connectivity index (χ1n) is 4.95. The van der Waals surface area contributed by atoms with Crippen molar-refractivity contribution >= 4 is 167 Å². The van der Waals surface area contributed by atoms with Crippen LogP contribution in [-0.2, 0) is 27.3 Å². The van der Waals surface area contributed by atoms with Crippen LogP contribution in [0.4, 0.5) is 0 Å². The van der Waals surface area contributed by atoms with Crippen molar-refractivity contribution in [2.24, 2.45) is 0 Å². The third kappa shape index (κ3) is 18.3. The van der Waals surface area contributed by atoms with E-state index in [9.17, 15) is 47.6 Å². The van der Waals surface area contributed by atoms with E-state index >= 15 is 0 Å². The van der Waals surface area contributed by atoms with E-state index in [0.29, 0.717) is 12.5 Å². The van der Waals surface area contributed by atoms with Gasteiger partial charge in [0.1, 0.15) is 9.72 Å². The summed E-state index contributed by atoms with van der Waals surface area (Å²) in [6.45, 7) is 5.73. The molecule has 0 fully saturated rings. The predicted octanol–water partition coefficient (Wildman–Crippen LogP) is -2.87. The van der Waals surface area contributed by atoms with Crippen LogP contribution in [0, 0.1) is 0 Å². The van der Waals surface area contributed by atoms with Gasteiger partial charge in [-0.1, -0.05) is 13.2 Å². The maximum atomic E-state index is 10.6. The van der Waals surface area contributed by atoms with Crippen molar-refractivity contribution < 1.29 is 56.7 Å². The minimum absolute atomic E-state index is 0. The van der Waals surface area contributed by atoms with Gasteiger partial charge in [-0.3, -0.25) is 9.13 Å². The number of alkyl halides is 2. The van der Waals surface area contributed by atoms with Gasteiger partial charge in [0.25, 0.3) is 0 Å². The molecule has 0 aliphatic heterocycles. The summed E-state index contributed by atoms with van der Waals surface area (Å²) < 4.78 is 49.0. The van der Waals surface area contributed by atoms with Gasteiger partial charge in [-0.05, 0) is 15.2 Å². The molecule has 0 aromatic rings. The van der Waals surface area contributed by atoms with Gasteiger partial charge in [-0.25, -0.2) is 0 Å². The maximum absolute atomic E-state index is 10.6. The zero-order chi connectivity index (χ0) is 20.0. The van der Waals surface area contributed by atoms with Gasteiger partial charge in [-0.2, -0.15) is 0 Å². The fourth-order valence-corrected chi connectivity index (χ4v) is 4.64. The predicted molar refractivity (Wildman–Crippen MR) is 89.5 cm³/mol. The second-order valence-electron chi connectivity index (χ2n) is 3.32. The van der Waals surface area contributed by atoms with Gasteiger partial charge in [0.15, 0.2) is 0 Å². The van der Waals surface area contributed by atoms with Gasteiger partial charge >= 0.3 is 113 Å². The van der Waals surface area contributed by atoms with Crippen LogP contribution in [0.25, 0.3) is 0 Å². The fraction of sp³-hybridized carbons (Fsp3) is 0.333. The summed E-state index contributed by atoms with van der Waals surface area (Å²) in [4.78, 5) is 56.5. The van der Waals surface area contributed by atoms with Gasteiger partial charge in [0.2, 0.25) is 15.2 Å². The monoisotopic (exact) mass is 586 g/mol. The number of hydrogen-bond donors (Lipinski definition) is 0. The average molecular weight is 587 g/mol. The fourth-order valence-electron chi connectivity index (χ4n) is 0.655. The number of hydrogen-bond acceptors (Lipinski definition) is 12. The van der Waals surface area contributed by atoms with Crippen LogP contribution in [-0.4, -0.2) is 123 Å². The van der Waals surface area contributed by atoms with Crippen LogP contribution in [0.1, 0.15) is 0 Å². The maximum Gasteiger partial charge on any atom is 2.00 e. The van der Waals surface area contributed by atoms with Crippen molar-refractivity contribution in [2.45, 2.75) is 9.72 Å². The van der Waals surface area contributed by atoms with Crippen LogP contribution in [0.2, 0.25) is 0 Å². The molecular formula is C6H8Ca3Cl2O12P4. The molecule has 12 nitrogen and oxygen atoms in total. The molecule has 0 heterocycles. The summed E-state index contributed by atoms with van der Waals surface area (Å²) in [7, 11) is -20.6. The van der Waals surface area contributed by atoms with Gasteiger partial charge in [0.05, 0.1) is 12.5 Å². The van der Waals surface area contributed by atoms with E-state index in [2.05, 4.69) is 22.2 Å². The molecule has 4 atom stereocenters. The van der Waals surface area contributed by atoms with E-state index in [1.807, 2.05) is 0 Å². The van der Waals surface area contributed by atoms with Gasteiger partial charge in [0, 0.05) is 0 Å². The molecule has 0 aromatic heterocycles. The third-order valence-corrected chi connectivity index (χ3v) is 10.7. The third-order valence-electron chi connectivity index (χ3n) is 1.49. The Morgan fingerprint density at radius 1 is 0.667 bits per heavy atom. The smallest absolute Gasteiger partial charge is 0.809 e. The van der Waals surface area contributed by atoms with E-state index < -0.39 is 40.1 Å². The van der Waals surface area contributed by atoms with E-state index in [1.54, 1.807) is 0 Å². The quantitative estimate of drug-likeness (QED) is 0.121. The van der Waals surface area contributed by atoms with Crippen molar-refractivity contribution in [2.75, 3.05) is 0 Å². The summed E-state index contributed by atoms with van der Waals surface area (Å²) in [5.41, 5.74) is 0. The molecular weight excluding hydrogens is 579 g/mol. The summed E-state index contributed by atoms with van der Waals surface area (Å²) >= 11 is 9.58. The average Bonchev–Trinajstić information content (AvgIpc) is 2.35. The molecule has 0 rings (SSSR count). The molecule has 0 bridgehead atoms. The molecule has 0 saturated carbocycles. The normalized spacial score (nSPS) is 17.2. The van der Waals surface area contributed by atoms with Crippen LogP contribution < -0.4 is 29.4 Å². The first kappa shape index (κ1) is 41.4. The van der Waals surface area contributed by atoms with Crippen LogP contribution in [0.15, 0.2) is 25.7 Å². The van der Waals surface area contributed by atoms with Crippen molar-refractivity contribution in [1.82, 2.24) is 0 Å². The molecule has 0 aliphatic rings. The van der Waals surface area contributed by atoms with E-state index in [0.717, 1.165) is 0 Å². The van der Waals surface area contributed by atoms with Gasteiger partial charge in [-0.15, -0.1) is 23.2 Å². The molecule has 0 amide bonds. The molecule has 27 heavy (non-hydrogen) atoms.